The summed E-state index contributed by atoms with van der Waals surface area (Å²) >= 11 is 3.31. The Morgan fingerprint density at radius 2 is 1.71 bits per heavy atom. The highest BCUT2D eigenvalue weighted by Gasteiger charge is 2.17. The number of anilines is 2. The summed E-state index contributed by atoms with van der Waals surface area (Å²) < 4.78 is 0.907. The zero-order valence-corrected chi connectivity index (χ0v) is 12.8. The minimum absolute atomic E-state index is 0.0750. The molecule has 108 valence electrons. The predicted molar refractivity (Wildman–Crippen MR) is 85.0 cm³/mol. The fourth-order valence-corrected chi connectivity index (χ4v) is 2.06. The van der Waals surface area contributed by atoms with E-state index in [0.717, 1.165) is 4.47 Å². The number of nitrogens with zero attached hydrogens (tertiary/aromatic N) is 1. The number of carboxylic acid groups (broad SMARTS) is 1. The molecule has 0 aromatic heterocycles. The number of carboxylic acids is 1. The van der Waals surface area contributed by atoms with Gasteiger partial charge in [0.05, 0.1) is 11.3 Å². The minimum Gasteiger partial charge on any atom is -0.478 e. The van der Waals surface area contributed by atoms with Crippen molar-refractivity contribution in [2.45, 2.75) is 0 Å². The van der Waals surface area contributed by atoms with Gasteiger partial charge in [0.1, 0.15) is 0 Å². The van der Waals surface area contributed by atoms with Gasteiger partial charge < -0.3 is 10.4 Å². The molecule has 0 spiro atoms. The number of hydrogen-bond donors (Lipinski definition) is 2. The van der Waals surface area contributed by atoms with E-state index in [1.54, 1.807) is 42.5 Å². The Balaban J connectivity index is 2.20. The number of carbonyl (C=O) groups excluding carboxylic acids is 1. The zero-order valence-electron chi connectivity index (χ0n) is 11.2. The third kappa shape index (κ3) is 3.61. The molecule has 0 aliphatic rings. The van der Waals surface area contributed by atoms with E-state index in [0.29, 0.717) is 11.4 Å². The molecule has 0 heterocycles. The van der Waals surface area contributed by atoms with Crippen molar-refractivity contribution in [3.8, 4) is 0 Å². The number of nitrogens with one attached hydrogen (secondary N) is 1. The van der Waals surface area contributed by atoms with Gasteiger partial charge >= 0.3 is 12.0 Å². The summed E-state index contributed by atoms with van der Waals surface area (Å²) in [5, 5.41) is 11.9. The summed E-state index contributed by atoms with van der Waals surface area (Å²) in [4.78, 5) is 24.6. The highest BCUT2D eigenvalue weighted by molar-refractivity contribution is 9.10. The lowest BCUT2D eigenvalue weighted by Crippen LogP contribution is -2.32. The van der Waals surface area contributed by atoms with Gasteiger partial charge in [-0.15, -0.1) is 0 Å². The molecular weight excluding hydrogens is 336 g/mol. The van der Waals surface area contributed by atoms with E-state index in [9.17, 15) is 9.59 Å². The van der Waals surface area contributed by atoms with Crippen LogP contribution in [0.2, 0.25) is 0 Å². The molecule has 0 unspecified atom stereocenters. The van der Waals surface area contributed by atoms with Gasteiger partial charge in [0.2, 0.25) is 0 Å². The number of aromatic carboxylic acids is 1. The molecule has 6 heteroatoms. The smallest absolute Gasteiger partial charge is 0.337 e. The molecule has 0 saturated carbocycles. The van der Waals surface area contributed by atoms with Gasteiger partial charge in [-0.2, -0.15) is 0 Å². The average Bonchev–Trinajstić information content (AvgIpc) is 2.48. The molecule has 2 N–H and O–H groups in total. The van der Waals surface area contributed by atoms with Crippen LogP contribution >= 0.6 is 15.9 Å². The van der Waals surface area contributed by atoms with Crippen molar-refractivity contribution in [2.75, 3.05) is 17.3 Å². The van der Waals surface area contributed by atoms with E-state index < -0.39 is 12.0 Å². The fourth-order valence-electron chi connectivity index (χ4n) is 1.80. The van der Waals surface area contributed by atoms with Crippen LogP contribution in [0.1, 0.15) is 10.4 Å². The molecule has 5 nitrogen and oxygen atoms in total. The van der Waals surface area contributed by atoms with Crippen molar-refractivity contribution < 1.29 is 14.7 Å². The Hall–Kier alpha value is -2.34. The van der Waals surface area contributed by atoms with Crippen molar-refractivity contribution in [1.29, 1.82) is 0 Å². The van der Waals surface area contributed by atoms with Crippen LogP contribution < -0.4 is 10.2 Å². The quantitative estimate of drug-likeness (QED) is 0.885. The van der Waals surface area contributed by atoms with Crippen LogP contribution in [-0.4, -0.2) is 24.2 Å². The second-order valence-electron chi connectivity index (χ2n) is 4.32. The normalized spacial score (nSPS) is 10.0. The van der Waals surface area contributed by atoms with Crippen LogP contribution in [0.15, 0.2) is 53.0 Å². The lowest BCUT2D eigenvalue weighted by molar-refractivity contribution is 0.0697. The van der Waals surface area contributed by atoms with Gasteiger partial charge in [-0.1, -0.05) is 28.1 Å². The number of halogens is 1. The summed E-state index contributed by atoms with van der Waals surface area (Å²) in [5.41, 5.74) is 1.04. The van der Waals surface area contributed by atoms with E-state index in [4.69, 9.17) is 5.11 Å². The number of para-hydroxylation sites is 1. The first-order valence-corrected chi connectivity index (χ1v) is 6.91. The molecule has 21 heavy (non-hydrogen) atoms. The van der Waals surface area contributed by atoms with Crippen molar-refractivity contribution in [3.63, 3.8) is 0 Å². The Morgan fingerprint density at radius 1 is 1.10 bits per heavy atom. The zero-order chi connectivity index (χ0) is 15.4. The van der Waals surface area contributed by atoms with Crippen LogP contribution in [0, 0.1) is 0 Å². The third-order valence-corrected chi connectivity index (χ3v) is 3.42. The van der Waals surface area contributed by atoms with Crippen molar-refractivity contribution in [1.82, 2.24) is 0 Å². The first-order chi connectivity index (χ1) is 9.99. The number of carbonyl (C=O) groups is 2. The van der Waals surface area contributed by atoms with E-state index in [1.165, 1.54) is 18.0 Å². The third-order valence-electron chi connectivity index (χ3n) is 2.90. The molecular formula is C15H13BrN2O3. The molecule has 2 amide bonds. The summed E-state index contributed by atoms with van der Waals surface area (Å²) in [5.74, 6) is -1.08. The summed E-state index contributed by atoms with van der Waals surface area (Å²) in [6, 6.07) is 13.1. The maximum atomic E-state index is 12.2. The van der Waals surface area contributed by atoms with Crippen molar-refractivity contribution in [3.05, 3.63) is 58.6 Å². The van der Waals surface area contributed by atoms with Gasteiger partial charge in [-0.05, 0) is 36.4 Å². The average molecular weight is 349 g/mol. The maximum Gasteiger partial charge on any atom is 0.337 e. The molecule has 0 fully saturated rings. The van der Waals surface area contributed by atoms with Crippen LogP contribution in [0.5, 0.6) is 0 Å². The van der Waals surface area contributed by atoms with Gasteiger partial charge in [0, 0.05) is 17.2 Å². The molecule has 2 rings (SSSR count). The number of amides is 2. The number of urea groups is 1. The van der Waals surface area contributed by atoms with E-state index in [1.807, 2.05) is 0 Å². The lowest BCUT2D eigenvalue weighted by atomic mass is 10.1. The first kappa shape index (κ1) is 15.1. The lowest BCUT2D eigenvalue weighted by Gasteiger charge is -2.19. The van der Waals surface area contributed by atoms with E-state index >= 15 is 0 Å². The Bertz CT molecular complexity index is 671. The molecule has 0 radical (unpaired) electrons. The van der Waals surface area contributed by atoms with Gasteiger partial charge in [0.15, 0.2) is 0 Å². The van der Waals surface area contributed by atoms with Crippen LogP contribution in [-0.2, 0) is 0 Å². The standard InChI is InChI=1S/C15H13BrN2O3/c1-18(13-5-3-2-4-12(13)14(19)20)15(21)17-11-8-6-10(16)7-9-11/h2-9H,1H3,(H,17,21)(H,19,20). The molecule has 2 aromatic carbocycles. The second-order valence-corrected chi connectivity index (χ2v) is 5.23. The van der Waals surface area contributed by atoms with Gasteiger partial charge in [0.25, 0.3) is 0 Å². The highest BCUT2D eigenvalue weighted by atomic mass is 79.9. The molecule has 0 atom stereocenters. The fraction of sp³-hybridized carbons (Fsp3) is 0.0667. The molecule has 0 bridgehead atoms. The van der Waals surface area contributed by atoms with E-state index in [-0.39, 0.29) is 5.56 Å². The Labute approximate surface area is 130 Å². The topological polar surface area (TPSA) is 69.6 Å². The Kier molecular flexibility index (Phi) is 4.59. The van der Waals surface area contributed by atoms with Crippen molar-refractivity contribution >= 4 is 39.3 Å². The molecule has 2 aromatic rings. The summed E-state index contributed by atoms with van der Waals surface area (Å²) in [7, 11) is 1.52. The number of hydrogen-bond acceptors (Lipinski definition) is 2. The predicted octanol–water partition coefficient (Wildman–Crippen LogP) is 3.82. The van der Waals surface area contributed by atoms with E-state index in [2.05, 4.69) is 21.2 Å². The minimum atomic E-state index is -1.08. The summed E-state index contributed by atoms with van der Waals surface area (Å²) in [6.07, 6.45) is 0. The Morgan fingerprint density at radius 3 is 2.33 bits per heavy atom. The molecule has 0 aliphatic heterocycles. The largest absolute Gasteiger partial charge is 0.478 e. The van der Waals surface area contributed by atoms with Gasteiger partial charge in [-0.3, -0.25) is 4.90 Å². The SMILES string of the molecule is CN(C(=O)Nc1ccc(Br)cc1)c1ccccc1C(=O)O. The monoisotopic (exact) mass is 348 g/mol. The van der Waals surface area contributed by atoms with Crippen molar-refractivity contribution in [2.24, 2.45) is 0 Å². The van der Waals surface area contributed by atoms with Gasteiger partial charge in [-0.25, -0.2) is 9.59 Å². The summed E-state index contributed by atoms with van der Waals surface area (Å²) in [6.45, 7) is 0. The molecule has 0 aliphatic carbocycles. The van der Waals surface area contributed by atoms with Crippen LogP contribution in [0.25, 0.3) is 0 Å². The van der Waals surface area contributed by atoms with Crippen LogP contribution in [0.3, 0.4) is 0 Å². The number of benzene rings is 2. The maximum absolute atomic E-state index is 12.2. The highest BCUT2D eigenvalue weighted by Crippen LogP contribution is 2.21. The molecule has 0 saturated heterocycles. The number of rotatable bonds is 3. The first-order valence-electron chi connectivity index (χ1n) is 6.11. The second kappa shape index (κ2) is 6.41. The van der Waals surface area contributed by atoms with Crippen LogP contribution in [0.4, 0.5) is 16.2 Å².